The van der Waals surface area contributed by atoms with Crippen LogP contribution in [0, 0.1) is 27.7 Å². The minimum atomic E-state index is -0.308. The smallest absolute Gasteiger partial charge is 0.266 e. The van der Waals surface area contributed by atoms with Crippen molar-refractivity contribution in [2.75, 3.05) is 5.32 Å². The minimum Gasteiger partial charge on any atom is -0.321 e. The van der Waals surface area contributed by atoms with Crippen molar-refractivity contribution >= 4 is 38.9 Å². The fourth-order valence-corrected chi connectivity index (χ4v) is 4.69. The number of para-hydroxylation sites is 1. The summed E-state index contributed by atoms with van der Waals surface area (Å²) in [5.41, 5.74) is 3.63. The molecule has 7 heteroatoms. The van der Waals surface area contributed by atoms with Gasteiger partial charge in [-0.1, -0.05) is 30.3 Å². The van der Waals surface area contributed by atoms with Crippen LogP contribution in [0.4, 0.5) is 5.69 Å². The molecule has 6 nitrogen and oxygen atoms in total. The van der Waals surface area contributed by atoms with E-state index in [1.807, 2.05) is 44.2 Å². The Morgan fingerprint density at radius 2 is 1.72 bits per heavy atom. The molecule has 0 saturated carbocycles. The lowest BCUT2D eigenvalue weighted by Crippen LogP contribution is -2.27. The number of fused-ring (bicyclic) bond motifs is 1. The third-order valence-electron chi connectivity index (χ3n) is 5.61. The molecular weight excluding hydrogens is 422 g/mol. The molecule has 0 fully saturated rings. The highest BCUT2D eigenvalue weighted by molar-refractivity contribution is 7.20. The number of nitrogens with zero attached hydrogens (tertiary/aromatic N) is 2. The summed E-state index contributed by atoms with van der Waals surface area (Å²) in [6, 6.07) is 14.7. The number of hydrogen-bond donors (Lipinski definition) is 1. The van der Waals surface area contributed by atoms with E-state index in [4.69, 9.17) is 0 Å². The molecule has 162 valence electrons. The molecule has 0 aliphatic heterocycles. The number of aromatic nitrogens is 2. The van der Waals surface area contributed by atoms with Crippen molar-refractivity contribution in [3.63, 3.8) is 0 Å². The van der Waals surface area contributed by atoms with Gasteiger partial charge < -0.3 is 5.32 Å². The number of thiophene rings is 1. The van der Waals surface area contributed by atoms with Gasteiger partial charge >= 0.3 is 0 Å². The van der Waals surface area contributed by atoms with Crippen LogP contribution in [0.25, 0.3) is 10.2 Å². The van der Waals surface area contributed by atoms with Crippen LogP contribution in [0.1, 0.15) is 42.5 Å². The van der Waals surface area contributed by atoms with Crippen molar-refractivity contribution in [2.24, 2.45) is 0 Å². The normalized spacial score (nSPS) is 11.0. The highest BCUT2D eigenvalue weighted by Gasteiger charge is 2.22. The van der Waals surface area contributed by atoms with E-state index in [1.54, 1.807) is 32.0 Å². The molecule has 0 spiro atoms. The number of rotatable bonds is 5. The highest BCUT2D eigenvalue weighted by Crippen LogP contribution is 2.28. The summed E-state index contributed by atoms with van der Waals surface area (Å²) in [4.78, 5) is 44.5. The first-order valence-corrected chi connectivity index (χ1v) is 11.1. The number of nitrogens with one attached hydrogen (secondary N) is 1. The van der Waals surface area contributed by atoms with E-state index in [2.05, 4.69) is 10.3 Å². The van der Waals surface area contributed by atoms with Crippen molar-refractivity contribution in [3.05, 3.63) is 91.8 Å². The average molecular weight is 446 g/mol. The van der Waals surface area contributed by atoms with E-state index in [0.29, 0.717) is 37.7 Å². The summed E-state index contributed by atoms with van der Waals surface area (Å²) in [7, 11) is 0. The van der Waals surface area contributed by atoms with Gasteiger partial charge in [0.1, 0.15) is 10.7 Å². The van der Waals surface area contributed by atoms with Gasteiger partial charge in [0.15, 0.2) is 5.78 Å². The van der Waals surface area contributed by atoms with E-state index in [1.165, 1.54) is 15.9 Å². The molecule has 4 aromatic rings. The van der Waals surface area contributed by atoms with Crippen LogP contribution in [-0.4, -0.2) is 21.2 Å². The zero-order valence-corrected chi connectivity index (χ0v) is 19.2. The van der Waals surface area contributed by atoms with E-state index in [-0.39, 0.29) is 23.8 Å². The second-order valence-electron chi connectivity index (χ2n) is 7.83. The van der Waals surface area contributed by atoms with Crippen LogP contribution >= 0.6 is 11.3 Å². The molecule has 0 aliphatic rings. The highest BCUT2D eigenvalue weighted by atomic mass is 32.1. The predicted octanol–water partition coefficient (Wildman–Crippen LogP) is 4.83. The topological polar surface area (TPSA) is 81.1 Å². The van der Waals surface area contributed by atoms with Gasteiger partial charge in [-0.3, -0.25) is 19.0 Å². The molecule has 1 amide bonds. The van der Waals surface area contributed by atoms with Gasteiger partial charge in [0.2, 0.25) is 0 Å². The van der Waals surface area contributed by atoms with Crippen molar-refractivity contribution in [3.8, 4) is 0 Å². The lowest BCUT2D eigenvalue weighted by molar-refractivity contribution is 0.0968. The maximum absolute atomic E-state index is 13.3. The molecule has 0 atom stereocenters. The monoisotopic (exact) mass is 445 g/mol. The first-order chi connectivity index (χ1) is 15.3. The lowest BCUT2D eigenvalue weighted by Gasteiger charge is -2.10. The maximum atomic E-state index is 13.3. The number of amides is 1. The first kappa shape index (κ1) is 21.6. The Labute approximate surface area is 189 Å². The molecule has 0 bridgehead atoms. The molecule has 0 aliphatic carbocycles. The molecular formula is C25H23N3O3S. The Kier molecular flexibility index (Phi) is 5.76. The van der Waals surface area contributed by atoms with Gasteiger partial charge in [-0.25, -0.2) is 4.98 Å². The summed E-state index contributed by atoms with van der Waals surface area (Å²) in [5.74, 6) is -0.00293. The molecule has 0 radical (unpaired) electrons. The fourth-order valence-electron chi connectivity index (χ4n) is 3.58. The van der Waals surface area contributed by atoms with Crippen LogP contribution in [0.3, 0.4) is 0 Å². The van der Waals surface area contributed by atoms with Crippen LogP contribution < -0.4 is 10.9 Å². The molecule has 0 saturated heterocycles. The van der Waals surface area contributed by atoms with Gasteiger partial charge in [0.05, 0.1) is 16.8 Å². The van der Waals surface area contributed by atoms with Crippen LogP contribution in [0.2, 0.25) is 0 Å². The summed E-state index contributed by atoms with van der Waals surface area (Å²) >= 11 is 1.19. The number of ketones is 1. The second-order valence-corrected chi connectivity index (χ2v) is 8.83. The van der Waals surface area contributed by atoms with E-state index >= 15 is 0 Å². The zero-order chi connectivity index (χ0) is 23.0. The maximum Gasteiger partial charge on any atom is 0.266 e. The van der Waals surface area contributed by atoms with Crippen molar-refractivity contribution in [2.45, 2.75) is 34.2 Å². The third kappa shape index (κ3) is 3.99. The van der Waals surface area contributed by atoms with Gasteiger partial charge in [0, 0.05) is 11.3 Å². The fraction of sp³-hybridized carbons (Fsp3) is 0.200. The van der Waals surface area contributed by atoms with Gasteiger partial charge in [0.25, 0.3) is 11.5 Å². The Morgan fingerprint density at radius 3 is 2.41 bits per heavy atom. The Bertz CT molecular complexity index is 1420. The Balaban J connectivity index is 1.70. The number of carbonyl (C=O) groups excluding carboxylic acids is 2. The van der Waals surface area contributed by atoms with Crippen molar-refractivity contribution < 1.29 is 9.59 Å². The largest absolute Gasteiger partial charge is 0.321 e. The molecule has 2 aromatic heterocycles. The molecule has 1 N–H and O–H groups in total. The number of Topliss-reactive ketones (excluding diaryl/α,β-unsaturated/α-hetero) is 1. The number of aryl methyl sites for hydroxylation is 4. The minimum absolute atomic E-state index is 0.100. The Morgan fingerprint density at radius 1 is 1.00 bits per heavy atom. The molecule has 2 heterocycles. The van der Waals surface area contributed by atoms with Crippen LogP contribution in [0.15, 0.2) is 53.3 Å². The zero-order valence-electron chi connectivity index (χ0n) is 18.4. The van der Waals surface area contributed by atoms with E-state index in [9.17, 15) is 14.4 Å². The molecule has 32 heavy (non-hydrogen) atoms. The molecule has 0 unspecified atom stereocenters. The van der Waals surface area contributed by atoms with Crippen molar-refractivity contribution in [1.29, 1.82) is 0 Å². The van der Waals surface area contributed by atoms with Crippen LogP contribution in [-0.2, 0) is 6.54 Å². The third-order valence-corrected chi connectivity index (χ3v) is 6.79. The lowest BCUT2D eigenvalue weighted by atomic mass is 10.0. The quantitative estimate of drug-likeness (QED) is 0.446. The molecule has 4 rings (SSSR count). The predicted molar refractivity (Wildman–Crippen MR) is 128 cm³/mol. The number of hydrogen-bond acceptors (Lipinski definition) is 5. The summed E-state index contributed by atoms with van der Waals surface area (Å²) in [5, 5.41) is 3.23. The standard InChI is InChI=1S/C25H23N3O3S/c1-14-10-11-18(12-15(14)2)20(29)13-28-17(4)26-24-21(25(28)31)16(3)22(32-24)23(30)27-19-8-6-5-7-9-19/h5-12H,13H2,1-4H3,(H,27,30). The van der Waals surface area contributed by atoms with Gasteiger partial charge in [-0.15, -0.1) is 11.3 Å². The van der Waals surface area contributed by atoms with Crippen molar-refractivity contribution in [1.82, 2.24) is 9.55 Å². The summed E-state index contributed by atoms with van der Waals surface area (Å²) < 4.78 is 1.39. The van der Waals surface area contributed by atoms with Crippen LogP contribution in [0.5, 0.6) is 0 Å². The summed E-state index contributed by atoms with van der Waals surface area (Å²) in [6.45, 7) is 7.28. The summed E-state index contributed by atoms with van der Waals surface area (Å²) in [6.07, 6.45) is 0. The van der Waals surface area contributed by atoms with E-state index in [0.717, 1.165) is 11.1 Å². The first-order valence-electron chi connectivity index (χ1n) is 10.2. The second kappa shape index (κ2) is 8.51. The average Bonchev–Trinajstić information content (AvgIpc) is 3.09. The SMILES string of the molecule is Cc1ccc(C(=O)Cn2c(C)nc3sc(C(=O)Nc4ccccc4)c(C)c3c2=O)cc1C. The van der Waals surface area contributed by atoms with E-state index < -0.39 is 0 Å². The van der Waals surface area contributed by atoms with Gasteiger partial charge in [-0.2, -0.15) is 0 Å². The number of carbonyl (C=O) groups is 2. The molecule has 2 aromatic carbocycles. The Hall–Kier alpha value is -3.58. The number of anilines is 1. The number of benzene rings is 2. The van der Waals surface area contributed by atoms with Gasteiger partial charge in [-0.05, 0) is 62.6 Å².